The van der Waals surface area contributed by atoms with Gasteiger partial charge in [-0.1, -0.05) is 6.92 Å². The number of carbonyl (C=O) groups excluding carboxylic acids is 1. The quantitative estimate of drug-likeness (QED) is 0.837. The van der Waals surface area contributed by atoms with Crippen LogP contribution in [0.5, 0.6) is 5.75 Å². The van der Waals surface area contributed by atoms with Gasteiger partial charge in [-0.2, -0.15) is 5.10 Å². The lowest BCUT2D eigenvalue weighted by atomic mass is 10.3. The average Bonchev–Trinajstić information content (AvgIpc) is 2.89. The molecule has 8 heteroatoms. The van der Waals surface area contributed by atoms with E-state index < -0.39 is 16.7 Å². The Morgan fingerprint density at radius 3 is 2.70 bits per heavy atom. The lowest BCUT2D eigenvalue weighted by molar-refractivity contribution is 0.0945. The number of aromatic hydroxyl groups is 1. The predicted molar refractivity (Wildman–Crippen MR) is 85.7 cm³/mol. The van der Waals surface area contributed by atoms with E-state index in [4.69, 9.17) is 0 Å². The molecular formula is C15H18FN3O3S. The van der Waals surface area contributed by atoms with Crippen molar-refractivity contribution in [3.05, 3.63) is 42.0 Å². The second-order valence-corrected chi connectivity index (χ2v) is 6.94. The van der Waals surface area contributed by atoms with E-state index in [2.05, 4.69) is 10.4 Å². The summed E-state index contributed by atoms with van der Waals surface area (Å²) in [5.74, 6) is -1.16. The van der Waals surface area contributed by atoms with Gasteiger partial charge in [-0.15, -0.1) is 0 Å². The fourth-order valence-corrected chi connectivity index (χ4v) is 2.34. The molecule has 0 saturated carbocycles. The van der Waals surface area contributed by atoms with E-state index in [1.165, 1.54) is 35.1 Å². The molecule has 2 rings (SSSR count). The average molecular weight is 339 g/mol. The molecule has 0 radical (unpaired) electrons. The minimum absolute atomic E-state index is 0.0272. The Balaban J connectivity index is 2.04. The van der Waals surface area contributed by atoms with E-state index in [1.54, 1.807) is 6.26 Å². The largest absolute Gasteiger partial charge is 0.504 e. The monoisotopic (exact) mass is 339 g/mol. The standard InChI is InChI=1S/C15H18FN3O3S/c1-10(23(2)22)7-8-17-15(21)14-13(20)9-19(18-14)12-5-3-11(16)4-6-12/h3-6,9-10,20H,7-8H2,1-2H3,(H,17,21). The number of hydrogen-bond donors (Lipinski definition) is 2. The minimum atomic E-state index is -0.948. The minimum Gasteiger partial charge on any atom is -0.504 e. The second kappa shape index (κ2) is 7.36. The number of carbonyl (C=O) groups is 1. The number of halogens is 1. The van der Waals surface area contributed by atoms with E-state index in [1.807, 2.05) is 6.92 Å². The number of benzene rings is 1. The molecule has 2 atom stereocenters. The third-order valence-corrected chi connectivity index (χ3v) is 4.77. The Morgan fingerprint density at radius 2 is 2.09 bits per heavy atom. The lowest BCUT2D eigenvalue weighted by Crippen LogP contribution is -2.28. The van der Waals surface area contributed by atoms with Crippen LogP contribution in [0.4, 0.5) is 4.39 Å². The maximum absolute atomic E-state index is 12.9. The zero-order valence-electron chi connectivity index (χ0n) is 12.8. The van der Waals surface area contributed by atoms with Crippen molar-refractivity contribution in [2.24, 2.45) is 0 Å². The molecular weight excluding hydrogens is 321 g/mol. The smallest absolute Gasteiger partial charge is 0.275 e. The SMILES string of the molecule is CC(CCNC(=O)c1nn(-c2ccc(F)cc2)cc1O)S(C)=O. The van der Waals surface area contributed by atoms with Crippen LogP contribution in [0.25, 0.3) is 5.69 Å². The molecule has 23 heavy (non-hydrogen) atoms. The van der Waals surface area contributed by atoms with E-state index in [0.717, 1.165) is 0 Å². The molecule has 0 aliphatic carbocycles. The van der Waals surface area contributed by atoms with Crippen LogP contribution in [-0.4, -0.2) is 43.1 Å². The van der Waals surface area contributed by atoms with Crippen LogP contribution >= 0.6 is 0 Å². The summed E-state index contributed by atoms with van der Waals surface area (Å²) in [5.41, 5.74) is 0.412. The number of nitrogens with one attached hydrogen (secondary N) is 1. The Hall–Kier alpha value is -2.22. The fourth-order valence-electron chi connectivity index (χ4n) is 1.89. The van der Waals surface area contributed by atoms with Gasteiger partial charge in [-0.05, 0) is 30.7 Å². The third kappa shape index (κ3) is 4.38. The van der Waals surface area contributed by atoms with Gasteiger partial charge in [0.15, 0.2) is 11.4 Å². The summed E-state index contributed by atoms with van der Waals surface area (Å²) in [4.78, 5) is 12.0. The first-order valence-electron chi connectivity index (χ1n) is 7.03. The lowest BCUT2D eigenvalue weighted by Gasteiger charge is -2.08. The van der Waals surface area contributed by atoms with Crippen molar-refractivity contribution < 1.29 is 18.5 Å². The summed E-state index contributed by atoms with van der Waals surface area (Å²) < 4.78 is 25.5. The van der Waals surface area contributed by atoms with Crippen LogP contribution in [0.15, 0.2) is 30.5 Å². The van der Waals surface area contributed by atoms with Crippen molar-refractivity contribution in [3.8, 4) is 11.4 Å². The summed E-state index contributed by atoms with van der Waals surface area (Å²) >= 11 is 0. The molecule has 1 aromatic heterocycles. The first-order chi connectivity index (χ1) is 10.9. The van der Waals surface area contributed by atoms with Crippen LogP contribution in [0.2, 0.25) is 0 Å². The molecule has 1 amide bonds. The molecule has 0 aliphatic heterocycles. The molecule has 2 unspecified atom stereocenters. The van der Waals surface area contributed by atoms with Crippen LogP contribution in [0.1, 0.15) is 23.8 Å². The summed E-state index contributed by atoms with van der Waals surface area (Å²) in [6.45, 7) is 2.17. The van der Waals surface area contributed by atoms with E-state index in [0.29, 0.717) is 18.7 Å². The zero-order chi connectivity index (χ0) is 17.0. The number of aromatic nitrogens is 2. The first-order valence-corrected chi connectivity index (χ1v) is 8.65. The Kier molecular flexibility index (Phi) is 5.49. The first kappa shape index (κ1) is 17.1. The molecule has 124 valence electrons. The summed E-state index contributed by atoms with van der Waals surface area (Å²) in [6, 6.07) is 5.50. The number of amides is 1. The molecule has 1 aromatic carbocycles. The molecule has 2 N–H and O–H groups in total. The summed E-state index contributed by atoms with van der Waals surface area (Å²) in [7, 11) is -0.948. The molecule has 6 nitrogen and oxygen atoms in total. The van der Waals surface area contributed by atoms with Gasteiger partial charge in [-0.25, -0.2) is 9.07 Å². The van der Waals surface area contributed by atoms with Crippen molar-refractivity contribution in [3.63, 3.8) is 0 Å². The maximum Gasteiger partial charge on any atom is 0.275 e. The van der Waals surface area contributed by atoms with Crippen molar-refractivity contribution in [1.82, 2.24) is 15.1 Å². The zero-order valence-corrected chi connectivity index (χ0v) is 13.6. The molecule has 0 spiro atoms. The van der Waals surface area contributed by atoms with Crippen molar-refractivity contribution in [1.29, 1.82) is 0 Å². The van der Waals surface area contributed by atoms with Crippen LogP contribution in [-0.2, 0) is 10.8 Å². The van der Waals surface area contributed by atoms with Crippen molar-refractivity contribution in [2.75, 3.05) is 12.8 Å². The predicted octanol–water partition coefficient (Wildman–Crippen LogP) is 1.60. The van der Waals surface area contributed by atoms with Crippen molar-refractivity contribution in [2.45, 2.75) is 18.6 Å². The Bertz CT molecular complexity index is 715. The van der Waals surface area contributed by atoms with Gasteiger partial charge >= 0.3 is 0 Å². The van der Waals surface area contributed by atoms with E-state index in [9.17, 15) is 18.5 Å². The molecule has 2 aromatic rings. The fraction of sp³-hybridized carbons (Fsp3) is 0.333. The highest BCUT2D eigenvalue weighted by Crippen LogP contribution is 2.18. The van der Waals surface area contributed by atoms with Crippen LogP contribution < -0.4 is 5.32 Å². The van der Waals surface area contributed by atoms with Gasteiger partial charge < -0.3 is 10.4 Å². The van der Waals surface area contributed by atoms with Crippen molar-refractivity contribution >= 4 is 16.7 Å². The highest BCUT2D eigenvalue weighted by Gasteiger charge is 2.17. The summed E-state index contributed by atoms with van der Waals surface area (Å²) in [5, 5.41) is 16.5. The molecule has 0 bridgehead atoms. The van der Waals surface area contributed by atoms with Crippen LogP contribution in [0.3, 0.4) is 0 Å². The van der Waals surface area contributed by atoms with Gasteiger partial charge in [0.05, 0.1) is 11.9 Å². The summed E-state index contributed by atoms with van der Waals surface area (Å²) in [6.07, 6.45) is 3.46. The molecule has 0 fully saturated rings. The van der Waals surface area contributed by atoms with E-state index in [-0.39, 0.29) is 22.5 Å². The van der Waals surface area contributed by atoms with Gasteiger partial charge in [0.2, 0.25) is 0 Å². The Labute approximate surface area is 135 Å². The number of hydrogen-bond acceptors (Lipinski definition) is 4. The van der Waals surface area contributed by atoms with Gasteiger partial charge in [0.25, 0.3) is 5.91 Å². The molecule has 1 heterocycles. The van der Waals surface area contributed by atoms with Crippen LogP contribution in [0, 0.1) is 5.82 Å². The van der Waals surface area contributed by atoms with Gasteiger partial charge in [-0.3, -0.25) is 9.00 Å². The van der Waals surface area contributed by atoms with Gasteiger partial charge in [0, 0.05) is 28.9 Å². The number of rotatable bonds is 6. The Morgan fingerprint density at radius 1 is 1.43 bits per heavy atom. The highest BCUT2D eigenvalue weighted by atomic mass is 32.2. The normalized spacial score (nSPS) is 13.5. The number of nitrogens with zero attached hydrogens (tertiary/aromatic N) is 2. The third-order valence-electron chi connectivity index (χ3n) is 3.40. The van der Waals surface area contributed by atoms with E-state index >= 15 is 0 Å². The van der Waals surface area contributed by atoms with Gasteiger partial charge in [0.1, 0.15) is 5.82 Å². The second-order valence-electron chi connectivity index (χ2n) is 5.14. The maximum atomic E-state index is 12.9. The molecule has 0 aliphatic rings. The molecule has 0 saturated heterocycles. The topological polar surface area (TPSA) is 84.2 Å². The highest BCUT2D eigenvalue weighted by molar-refractivity contribution is 7.84.